The molecule has 80 valence electrons. The summed E-state index contributed by atoms with van der Waals surface area (Å²) >= 11 is 0. The molecule has 0 aromatic carbocycles. The second-order valence-electron chi connectivity index (χ2n) is 4.05. The van der Waals surface area contributed by atoms with Crippen molar-refractivity contribution in [3.05, 3.63) is 0 Å². The summed E-state index contributed by atoms with van der Waals surface area (Å²) in [5, 5.41) is 9.28. The van der Waals surface area contributed by atoms with Gasteiger partial charge in [0.2, 0.25) is 0 Å². The second-order valence-corrected chi connectivity index (χ2v) is 4.05. The lowest BCUT2D eigenvalue weighted by Gasteiger charge is -2.22. The molecule has 0 saturated carbocycles. The molecule has 0 aromatic heterocycles. The molecule has 0 aliphatic heterocycles. The van der Waals surface area contributed by atoms with Gasteiger partial charge in [-0.15, -0.1) is 0 Å². The van der Waals surface area contributed by atoms with E-state index in [2.05, 4.69) is 0 Å². The van der Waals surface area contributed by atoms with Gasteiger partial charge in [0.1, 0.15) is 5.72 Å². The van der Waals surface area contributed by atoms with Crippen molar-refractivity contribution in [3.8, 4) is 0 Å². The minimum atomic E-state index is -1.13. The monoisotopic (exact) mass is 190 g/mol. The highest BCUT2D eigenvalue weighted by Crippen LogP contribution is 2.07. The first kappa shape index (κ1) is 12.8. The van der Waals surface area contributed by atoms with Gasteiger partial charge in [0.05, 0.1) is 12.7 Å². The molecule has 0 radical (unpaired) electrons. The molecule has 2 unspecified atom stereocenters. The van der Waals surface area contributed by atoms with Crippen LogP contribution in [0.1, 0.15) is 20.3 Å². The quantitative estimate of drug-likeness (QED) is 0.579. The van der Waals surface area contributed by atoms with E-state index in [1.807, 2.05) is 25.9 Å². The fourth-order valence-corrected chi connectivity index (χ4v) is 1.08. The van der Waals surface area contributed by atoms with Gasteiger partial charge in [0, 0.05) is 13.0 Å². The highest BCUT2D eigenvalue weighted by Gasteiger charge is 2.17. The van der Waals surface area contributed by atoms with Gasteiger partial charge in [-0.05, 0) is 27.9 Å². The zero-order valence-corrected chi connectivity index (χ0v) is 9.08. The standard InChI is InChI=1S/C9H22N2O2/c1-8(7-9(2,10)12)13-6-5-11(3)4/h8,12H,5-7,10H2,1-4H3. The van der Waals surface area contributed by atoms with Crippen molar-refractivity contribution < 1.29 is 9.84 Å². The molecular weight excluding hydrogens is 168 g/mol. The largest absolute Gasteiger partial charge is 0.377 e. The highest BCUT2D eigenvalue weighted by atomic mass is 16.5. The van der Waals surface area contributed by atoms with Crippen LogP contribution in [0, 0.1) is 0 Å². The van der Waals surface area contributed by atoms with Gasteiger partial charge in [0.25, 0.3) is 0 Å². The normalized spacial score (nSPS) is 18.7. The Hall–Kier alpha value is -0.160. The molecule has 4 nitrogen and oxygen atoms in total. The third-order valence-electron chi connectivity index (χ3n) is 1.64. The van der Waals surface area contributed by atoms with Crippen molar-refractivity contribution in [2.45, 2.75) is 32.1 Å². The fourth-order valence-electron chi connectivity index (χ4n) is 1.08. The molecule has 0 bridgehead atoms. The Morgan fingerprint density at radius 3 is 2.46 bits per heavy atom. The molecule has 0 rings (SSSR count). The first-order chi connectivity index (χ1) is 5.81. The predicted octanol–water partition coefficient (Wildman–Crippen LogP) is 0.0104. The molecule has 0 aliphatic rings. The molecule has 0 aliphatic carbocycles. The Kier molecular flexibility index (Phi) is 5.48. The Labute approximate surface area is 80.7 Å². The molecule has 2 atom stereocenters. The van der Waals surface area contributed by atoms with E-state index in [0.717, 1.165) is 6.54 Å². The van der Waals surface area contributed by atoms with E-state index in [1.54, 1.807) is 6.92 Å². The Morgan fingerprint density at radius 1 is 1.54 bits per heavy atom. The first-order valence-electron chi connectivity index (χ1n) is 4.59. The van der Waals surface area contributed by atoms with Crippen LogP contribution in [0.4, 0.5) is 0 Å². The van der Waals surface area contributed by atoms with Gasteiger partial charge in [-0.2, -0.15) is 0 Å². The van der Waals surface area contributed by atoms with Gasteiger partial charge in [-0.1, -0.05) is 0 Å². The molecular formula is C9H22N2O2. The van der Waals surface area contributed by atoms with Crippen LogP contribution in [0.3, 0.4) is 0 Å². The maximum Gasteiger partial charge on any atom is 0.113 e. The summed E-state index contributed by atoms with van der Waals surface area (Å²) in [5.74, 6) is 0. The summed E-state index contributed by atoms with van der Waals surface area (Å²) in [6.07, 6.45) is 0.459. The van der Waals surface area contributed by atoms with Crippen LogP contribution in [0.15, 0.2) is 0 Å². The van der Waals surface area contributed by atoms with E-state index >= 15 is 0 Å². The minimum Gasteiger partial charge on any atom is -0.377 e. The topological polar surface area (TPSA) is 58.7 Å². The Balaban J connectivity index is 3.46. The number of nitrogens with zero attached hydrogens (tertiary/aromatic N) is 1. The van der Waals surface area contributed by atoms with E-state index in [-0.39, 0.29) is 6.10 Å². The van der Waals surface area contributed by atoms with Crippen LogP contribution in [0.2, 0.25) is 0 Å². The van der Waals surface area contributed by atoms with Gasteiger partial charge < -0.3 is 20.5 Å². The molecule has 0 spiro atoms. The van der Waals surface area contributed by atoms with E-state index < -0.39 is 5.72 Å². The zero-order valence-electron chi connectivity index (χ0n) is 9.08. The van der Waals surface area contributed by atoms with Crippen LogP contribution in [-0.2, 0) is 4.74 Å². The van der Waals surface area contributed by atoms with E-state index in [9.17, 15) is 5.11 Å². The van der Waals surface area contributed by atoms with Crippen molar-refractivity contribution in [1.82, 2.24) is 4.90 Å². The molecule has 13 heavy (non-hydrogen) atoms. The predicted molar refractivity (Wildman–Crippen MR) is 53.4 cm³/mol. The van der Waals surface area contributed by atoms with Gasteiger partial charge in [-0.3, -0.25) is 0 Å². The Bertz CT molecular complexity index is 132. The van der Waals surface area contributed by atoms with Crippen LogP contribution in [-0.4, -0.2) is 49.1 Å². The summed E-state index contributed by atoms with van der Waals surface area (Å²) in [6, 6.07) is 0. The van der Waals surface area contributed by atoms with Crippen molar-refractivity contribution >= 4 is 0 Å². The summed E-state index contributed by atoms with van der Waals surface area (Å²) in [4.78, 5) is 2.05. The third-order valence-corrected chi connectivity index (χ3v) is 1.64. The number of hydrogen-bond donors (Lipinski definition) is 2. The molecule has 3 N–H and O–H groups in total. The van der Waals surface area contributed by atoms with Crippen LogP contribution >= 0.6 is 0 Å². The van der Waals surface area contributed by atoms with Crippen LogP contribution in [0.5, 0.6) is 0 Å². The van der Waals surface area contributed by atoms with Gasteiger partial charge in [-0.25, -0.2) is 0 Å². The summed E-state index contributed by atoms with van der Waals surface area (Å²) in [7, 11) is 3.99. The maximum absolute atomic E-state index is 9.28. The van der Waals surface area contributed by atoms with Gasteiger partial charge in [0.15, 0.2) is 0 Å². The number of rotatable bonds is 6. The fraction of sp³-hybridized carbons (Fsp3) is 1.00. The second kappa shape index (κ2) is 5.54. The lowest BCUT2D eigenvalue weighted by molar-refractivity contribution is -0.0215. The van der Waals surface area contributed by atoms with Crippen molar-refractivity contribution in [2.75, 3.05) is 27.2 Å². The van der Waals surface area contributed by atoms with E-state index in [0.29, 0.717) is 13.0 Å². The smallest absolute Gasteiger partial charge is 0.113 e. The average Bonchev–Trinajstić information content (AvgIpc) is 1.81. The first-order valence-corrected chi connectivity index (χ1v) is 4.59. The lowest BCUT2D eigenvalue weighted by atomic mass is 10.1. The van der Waals surface area contributed by atoms with Crippen molar-refractivity contribution in [2.24, 2.45) is 5.73 Å². The van der Waals surface area contributed by atoms with E-state index in [4.69, 9.17) is 10.5 Å². The highest BCUT2D eigenvalue weighted by molar-refractivity contribution is 4.67. The third kappa shape index (κ3) is 9.76. The molecule has 0 fully saturated rings. The van der Waals surface area contributed by atoms with Crippen molar-refractivity contribution in [3.63, 3.8) is 0 Å². The maximum atomic E-state index is 9.28. The molecule has 4 heteroatoms. The molecule has 0 saturated heterocycles. The van der Waals surface area contributed by atoms with Crippen LogP contribution in [0.25, 0.3) is 0 Å². The lowest BCUT2D eigenvalue weighted by Crippen LogP contribution is -2.39. The van der Waals surface area contributed by atoms with Crippen LogP contribution < -0.4 is 5.73 Å². The number of ether oxygens (including phenoxy) is 1. The molecule has 0 amide bonds. The average molecular weight is 190 g/mol. The minimum absolute atomic E-state index is 0.0000463. The number of nitrogens with two attached hydrogens (primary N) is 1. The summed E-state index contributed by atoms with van der Waals surface area (Å²) in [6.45, 7) is 5.05. The molecule has 0 heterocycles. The molecule has 0 aromatic rings. The number of likely N-dealkylation sites (N-methyl/N-ethyl adjacent to an activating group) is 1. The van der Waals surface area contributed by atoms with Gasteiger partial charge >= 0.3 is 0 Å². The van der Waals surface area contributed by atoms with Crippen molar-refractivity contribution in [1.29, 1.82) is 0 Å². The SMILES string of the molecule is CC(CC(C)(N)O)OCCN(C)C. The summed E-state index contributed by atoms with van der Waals surface area (Å²) in [5.41, 5.74) is 4.31. The number of aliphatic hydroxyl groups is 1. The number of hydrogen-bond acceptors (Lipinski definition) is 4. The zero-order chi connectivity index (χ0) is 10.5. The Morgan fingerprint density at radius 2 is 2.08 bits per heavy atom. The summed E-state index contributed by atoms with van der Waals surface area (Å²) < 4.78 is 5.45. The van der Waals surface area contributed by atoms with E-state index in [1.165, 1.54) is 0 Å².